The van der Waals surface area contributed by atoms with Crippen molar-refractivity contribution in [3.05, 3.63) is 27.1 Å². The first-order valence-corrected chi connectivity index (χ1v) is 7.15. The number of aliphatic carboxylic acids is 1. The molecular formula is C13H15N3O4S. The van der Waals surface area contributed by atoms with Crippen molar-refractivity contribution >= 4 is 33.4 Å². The number of amides is 1. The first-order chi connectivity index (χ1) is 9.82. The molecule has 2 heterocycles. The number of aromatic amines is 1. The molecule has 0 radical (unpaired) electrons. The van der Waals surface area contributed by atoms with Crippen LogP contribution in [0.4, 0.5) is 0 Å². The highest BCUT2D eigenvalue weighted by Crippen LogP contribution is 2.26. The molecule has 0 saturated carbocycles. The number of carboxylic acids is 1. The van der Waals surface area contributed by atoms with E-state index in [9.17, 15) is 14.4 Å². The van der Waals surface area contributed by atoms with Crippen LogP contribution in [0.3, 0.4) is 0 Å². The van der Waals surface area contributed by atoms with E-state index in [4.69, 9.17) is 5.11 Å². The second-order valence-corrected chi connectivity index (χ2v) is 6.00. The number of carbonyl (C=O) groups excluding carboxylic acids is 1. The summed E-state index contributed by atoms with van der Waals surface area (Å²) in [5.74, 6) is -1.84. The van der Waals surface area contributed by atoms with Gasteiger partial charge in [-0.15, -0.1) is 11.3 Å². The lowest BCUT2D eigenvalue weighted by atomic mass is 10.0. The fraction of sp³-hybridized carbons (Fsp3) is 0.385. The summed E-state index contributed by atoms with van der Waals surface area (Å²) in [6.07, 6.45) is 1.27. The Morgan fingerprint density at radius 3 is 2.62 bits per heavy atom. The van der Waals surface area contributed by atoms with E-state index in [1.54, 1.807) is 20.8 Å². The normalized spacial score (nSPS) is 12.6. The average molecular weight is 309 g/mol. The minimum absolute atomic E-state index is 0.248. The average Bonchev–Trinajstić information content (AvgIpc) is 2.73. The molecule has 1 atom stereocenters. The molecule has 8 heteroatoms. The number of nitrogens with one attached hydrogen (secondary N) is 2. The second kappa shape index (κ2) is 5.65. The predicted octanol–water partition coefficient (Wildman–Crippen LogP) is 1.13. The number of H-pyrrole nitrogens is 1. The van der Waals surface area contributed by atoms with Gasteiger partial charge in [-0.1, -0.05) is 13.8 Å². The number of aromatic nitrogens is 2. The van der Waals surface area contributed by atoms with Gasteiger partial charge in [0.2, 0.25) is 0 Å². The number of aryl methyl sites for hydroxylation is 1. The topological polar surface area (TPSA) is 112 Å². The molecule has 0 aliphatic carbocycles. The lowest BCUT2D eigenvalue weighted by Gasteiger charge is -2.17. The fourth-order valence-electron chi connectivity index (χ4n) is 2.02. The fourth-order valence-corrected chi connectivity index (χ4v) is 3.07. The van der Waals surface area contributed by atoms with Gasteiger partial charge in [0.25, 0.3) is 11.5 Å². The van der Waals surface area contributed by atoms with E-state index >= 15 is 0 Å². The van der Waals surface area contributed by atoms with Crippen molar-refractivity contribution in [3.63, 3.8) is 0 Å². The van der Waals surface area contributed by atoms with Gasteiger partial charge in [-0.25, -0.2) is 9.78 Å². The Labute approximate surface area is 124 Å². The number of carboxylic acid groups (broad SMARTS) is 1. The zero-order chi connectivity index (χ0) is 15.7. The van der Waals surface area contributed by atoms with Gasteiger partial charge < -0.3 is 15.4 Å². The highest BCUT2D eigenvalue weighted by Gasteiger charge is 2.26. The van der Waals surface area contributed by atoms with Gasteiger partial charge in [-0.2, -0.15) is 0 Å². The third kappa shape index (κ3) is 2.80. The largest absolute Gasteiger partial charge is 0.480 e. The molecule has 1 amide bonds. The van der Waals surface area contributed by atoms with Crippen molar-refractivity contribution in [2.24, 2.45) is 5.92 Å². The van der Waals surface area contributed by atoms with Crippen LogP contribution in [0.2, 0.25) is 0 Å². The minimum atomic E-state index is -1.09. The maximum Gasteiger partial charge on any atom is 0.326 e. The number of hydrogen-bond acceptors (Lipinski definition) is 5. The lowest BCUT2D eigenvalue weighted by Crippen LogP contribution is -2.44. The van der Waals surface area contributed by atoms with Crippen LogP contribution in [0.1, 0.15) is 29.1 Å². The van der Waals surface area contributed by atoms with Gasteiger partial charge >= 0.3 is 5.97 Å². The summed E-state index contributed by atoms with van der Waals surface area (Å²) in [6, 6.07) is -0.978. The molecule has 0 unspecified atom stereocenters. The zero-order valence-electron chi connectivity index (χ0n) is 11.8. The lowest BCUT2D eigenvalue weighted by molar-refractivity contribution is -0.140. The summed E-state index contributed by atoms with van der Waals surface area (Å²) in [5, 5.41) is 12.0. The monoisotopic (exact) mass is 309 g/mol. The highest BCUT2D eigenvalue weighted by molar-refractivity contribution is 7.20. The third-order valence-electron chi connectivity index (χ3n) is 3.16. The Bertz CT molecular complexity index is 762. The number of rotatable bonds is 4. The van der Waals surface area contributed by atoms with E-state index < -0.39 is 17.9 Å². The molecule has 0 aliphatic rings. The van der Waals surface area contributed by atoms with Crippen LogP contribution in [0.15, 0.2) is 11.1 Å². The SMILES string of the molecule is Cc1c(C(=O)N[C@H](C(=O)O)C(C)C)sc2nc[nH]c(=O)c12. The molecule has 2 rings (SSSR count). The van der Waals surface area contributed by atoms with Crippen LogP contribution < -0.4 is 10.9 Å². The summed E-state index contributed by atoms with van der Waals surface area (Å²) in [7, 11) is 0. The van der Waals surface area contributed by atoms with Crippen LogP contribution in [-0.4, -0.2) is 33.0 Å². The maximum absolute atomic E-state index is 12.3. The number of hydrogen-bond donors (Lipinski definition) is 3. The Morgan fingerprint density at radius 2 is 2.10 bits per heavy atom. The molecular weight excluding hydrogens is 294 g/mol. The Hall–Kier alpha value is -2.22. The van der Waals surface area contributed by atoms with Gasteiger partial charge in [0.15, 0.2) is 0 Å². The smallest absolute Gasteiger partial charge is 0.326 e. The standard InChI is InChI=1S/C13H15N3O4S/c1-5(2)8(13(19)20)16-11(18)9-6(3)7-10(17)14-4-15-12(7)21-9/h4-5,8H,1-3H3,(H,16,18)(H,19,20)(H,14,15,17)/t8-/m0/s1. The maximum atomic E-state index is 12.3. The molecule has 0 bridgehead atoms. The molecule has 2 aromatic rings. The third-order valence-corrected chi connectivity index (χ3v) is 4.36. The first kappa shape index (κ1) is 15.2. The first-order valence-electron chi connectivity index (χ1n) is 6.33. The summed E-state index contributed by atoms with van der Waals surface area (Å²) in [5.41, 5.74) is 0.196. The van der Waals surface area contributed by atoms with E-state index in [1.165, 1.54) is 6.33 Å². The van der Waals surface area contributed by atoms with Crippen molar-refractivity contribution in [3.8, 4) is 0 Å². The molecule has 21 heavy (non-hydrogen) atoms. The van der Waals surface area contributed by atoms with Crippen LogP contribution in [0.5, 0.6) is 0 Å². The molecule has 0 spiro atoms. The molecule has 0 aliphatic heterocycles. The van der Waals surface area contributed by atoms with E-state index in [0.29, 0.717) is 20.7 Å². The van der Waals surface area contributed by atoms with Crippen LogP contribution in [0.25, 0.3) is 10.2 Å². The Morgan fingerprint density at radius 1 is 1.43 bits per heavy atom. The van der Waals surface area contributed by atoms with E-state index in [-0.39, 0.29) is 11.5 Å². The second-order valence-electron chi connectivity index (χ2n) is 5.00. The molecule has 7 nitrogen and oxygen atoms in total. The molecule has 112 valence electrons. The van der Waals surface area contributed by atoms with Crippen molar-refractivity contribution in [2.45, 2.75) is 26.8 Å². The number of fused-ring (bicyclic) bond motifs is 1. The van der Waals surface area contributed by atoms with Gasteiger partial charge in [-0.05, 0) is 18.4 Å². The zero-order valence-corrected chi connectivity index (χ0v) is 12.6. The molecule has 2 aromatic heterocycles. The molecule has 0 fully saturated rings. The van der Waals surface area contributed by atoms with Crippen molar-refractivity contribution in [2.75, 3.05) is 0 Å². The summed E-state index contributed by atoms with van der Waals surface area (Å²) in [6.45, 7) is 5.07. The van der Waals surface area contributed by atoms with Gasteiger partial charge in [0, 0.05) is 0 Å². The molecule has 0 aromatic carbocycles. The number of carbonyl (C=O) groups is 2. The molecule has 0 saturated heterocycles. The van der Waals surface area contributed by atoms with Crippen LogP contribution in [0, 0.1) is 12.8 Å². The quantitative estimate of drug-likeness (QED) is 0.784. The Kier molecular flexibility index (Phi) is 4.08. The van der Waals surface area contributed by atoms with Crippen LogP contribution >= 0.6 is 11.3 Å². The van der Waals surface area contributed by atoms with Crippen LogP contribution in [-0.2, 0) is 4.79 Å². The van der Waals surface area contributed by atoms with Gasteiger partial charge in [-0.3, -0.25) is 9.59 Å². The van der Waals surface area contributed by atoms with Gasteiger partial charge in [0.1, 0.15) is 10.9 Å². The molecule has 3 N–H and O–H groups in total. The minimum Gasteiger partial charge on any atom is -0.480 e. The van der Waals surface area contributed by atoms with E-state index in [0.717, 1.165) is 11.3 Å². The van der Waals surface area contributed by atoms with Gasteiger partial charge in [0.05, 0.1) is 16.6 Å². The van der Waals surface area contributed by atoms with Crippen molar-refractivity contribution in [1.82, 2.24) is 15.3 Å². The highest BCUT2D eigenvalue weighted by atomic mass is 32.1. The number of nitrogens with zero attached hydrogens (tertiary/aromatic N) is 1. The summed E-state index contributed by atoms with van der Waals surface area (Å²) >= 11 is 1.08. The Balaban J connectivity index is 2.40. The number of thiophene rings is 1. The van der Waals surface area contributed by atoms with E-state index in [1.807, 2.05) is 0 Å². The van der Waals surface area contributed by atoms with E-state index in [2.05, 4.69) is 15.3 Å². The van der Waals surface area contributed by atoms with Crippen molar-refractivity contribution < 1.29 is 14.7 Å². The summed E-state index contributed by atoms with van der Waals surface area (Å²) < 4.78 is 0. The van der Waals surface area contributed by atoms with Crippen molar-refractivity contribution in [1.29, 1.82) is 0 Å². The predicted molar refractivity (Wildman–Crippen MR) is 78.7 cm³/mol. The summed E-state index contributed by atoms with van der Waals surface area (Å²) in [4.78, 5) is 42.4.